The van der Waals surface area contributed by atoms with Gasteiger partial charge in [-0.05, 0) is 36.6 Å². The Bertz CT molecular complexity index is 876. The summed E-state index contributed by atoms with van der Waals surface area (Å²) in [5.41, 5.74) is 1.34. The van der Waals surface area contributed by atoms with Crippen LogP contribution in [0.3, 0.4) is 0 Å². The number of nitriles is 1. The molecular weight excluding hydrogens is 366 g/mol. The third-order valence-electron chi connectivity index (χ3n) is 4.97. The average molecular weight is 384 g/mol. The van der Waals surface area contributed by atoms with Crippen LogP contribution in [-0.2, 0) is 9.63 Å². The van der Waals surface area contributed by atoms with Crippen molar-refractivity contribution in [1.82, 2.24) is 15.0 Å². The molecule has 1 unspecified atom stereocenters. The standard InChI is InChI=1S/C19H18ClN5O2/c20-14-3-1-12(2-4-14)17-6-8-27-25(17)18(26)13-9-16(10-13)24-19-22-7-5-15(11-21)23-19/h1-5,7,13,16-17H,6,8-10H2,(H,22,23,24). The van der Waals surface area contributed by atoms with E-state index in [4.69, 9.17) is 21.7 Å². The number of anilines is 1. The van der Waals surface area contributed by atoms with E-state index < -0.39 is 0 Å². The molecule has 8 heteroatoms. The molecule has 1 aliphatic heterocycles. The molecule has 1 saturated carbocycles. The van der Waals surface area contributed by atoms with E-state index in [1.165, 1.54) is 5.06 Å². The van der Waals surface area contributed by atoms with Crippen LogP contribution >= 0.6 is 11.6 Å². The fraction of sp³-hybridized carbons (Fsp3) is 0.368. The number of amides is 1. The van der Waals surface area contributed by atoms with Crippen LogP contribution in [0.25, 0.3) is 0 Å². The summed E-state index contributed by atoms with van der Waals surface area (Å²) in [6, 6.07) is 11.1. The van der Waals surface area contributed by atoms with Crippen molar-refractivity contribution in [1.29, 1.82) is 5.26 Å². The van der Waals surface area contributed by atoms with Gasteiger partial charge in [-0.25, -0.2) is 15.0 Å². The Morgan fingerprint density at radius 2 is 2.07 bits per heavy atom. The van der Waals surface area contributed by atoms with E-state index in [1.54, 1.807) is 12.3 Å². The van der Waals surface area contributed by atoms with Gasteiger partial charge in [0.2, 0.25) is 11.9 Å². The monoisotopic (exact) mass is 383 g/mol. The molecule has 2 heterocycles. The summed E-state index contributed by atoms with van der Waals surface area (Å²) in [4.78, 5) is 26.7. The van der Waals surface area contributed by atoms with Crippen molar-refractivity contribution in [2.45, 2.75) is 31.3 Å². The van der Waals surface area contributed by atoms with Gasteiger partial charge in [-0.3, -0.25) is 9.63 Å². The Balaban J connectivity index is 1.35. The molecule has 27 heavy (non-hydrogen) atoms. The molecule has 1 saturated heterocycles. The van der Waals surface area contributed by atoms with Crippen molar-refractivity contribution in [2.75, 3.05) is 11.9 Å². The summed E-state index contributed by atoms with van der Waals surface area (Å²) in [5, 5.41) is 14.3. The highest BCUT2D eigenvalue weighted by molar-refractivity contribution is 6.30. The van der Waals surface area contributed by atoms with Crippen LogP contribution < -0.4 is 5.32 Å². The first-order chi connectivity index (χ1) is 13.1. The number of aromatic nitrogens is 2. The lowest BCUT2D eigenvalue weighted by atomic mass is 9.79. The molecule has 2 aliphatic rings. The van der Waals surface area contributed by atoms with E-state index in [1.807, 2.05) is 30.3 Å². The Morgan fingerprint density at radius 1 is 1.30 bits per heavy atom. The highest BCUT2D eigenvalue weighted by Crippen LogP contribution is 2.37. The quantitative estimate of drug-likeness (QED) is 0.872. The minimum absolute atomic E-state index is 0.0113. The van der Waals surface area contributed by atoms with Gasteiger partial charge < -0.3 is 5.32 Å². The SMILES string of the molecule is N#Cc1ccnc(NC2CC(C(=O)N3OCCC3c3ccc(Cl)cc3)C2)n1. The molecule has 7 nitrogen and oxygen atoms in total. The van der Waals surface area contributed by atoms with Gasteiger partial charge >= 0.3 is 0 Å². The van der Waals surface area contributed by atoms with E-state index in [0.29, 0.717) is 36.1 Å². The Hall–Kier alpha value is -2.69. The predicted octanol–water partition coefficient (Wildman–Crippen LogP) is 3.10. The summed E-state index contributed by atoms with van der Waals surface area (Å²) >= 11 is 5.95. The largest absolute Gasteiger partial charge is 0.351 e. The molecule has 1 aromatic heterocycles. The molecular formula is C19H18ClN5O2. The predicted molar refractivity (Wildman–Crippen MR) is 98.5 cm³/mol. The minimum Gasteiger partial charge on any atom is -0.351 e. The first-order valence-electron chi connectivity index (χ1n) is 8.85. The second kappa shape index (κ2) is 7.51. The van der Waals surface area contributed by atoms with Crippen LogP contribution in [-0.4, -0.2) is 33.6 Å². The fourth-order valence-electron chi connectivity index (χ4n) is 3.46. The lowest BCUT2D eigenvalue weighted by Crippen LogP contribution is -2.45. The molecule has 1 aromatic carbocycles. The molecule has 4 rings (SSSR count). The summed E-state index contributed by atoms with van der Waals surface area (Å²) in [6.07, 6.45) is 3.69. The highest BCUT2D eigenvalue weighted by Gasteiger charge is 2.41. The smallest absolute Gasteiger partial charge is 0.249 e. The van der Waals surface area contributed by atoms with Gasteiger partial charge in [0.15, 0.2) is 0 Å². The lowest BCUT2D eigenvalue weighted by Gasteiger charge is -2.37. The fourth-order valence-corrected chi connectivity index (χ4v) is 3.59. The van der Waals surface area contributed by atoms with E-state index in [0.717, 1.165) is 12.0 Å². The average Bonchev–Trinajstić information content (AvgIpc) is 3.14. The number of halogens is 1. The maximum Gasteiger partial charge on any atom is 0.249 e. The molecule has 1 N–H and O–H groups in total. The number of nitrogens with one attached hydrogen (secondary N) is 1. The van der Waals surface area contributed by atoms with Crippen LogP contribution in [0, 0.1) is 17.2 Å². The van der Waals surface area contributed by atoms with E-state index in [9.17, 15) is 4.79 Å². The van der Waals surface area contributed by atoms with Crippen LogP contribution in [0.15, 0.2) is 36.5 Å². The molecule has 0 spiro atoms. The number of nitrogens with zero attached hydrogens (tertiary/aromatic N) is 4. The molecule has 1 amide bonds. The number of hydroxylamine groups is 2. The number of hydrogen-bond donors (Lipinski definition) is 1. The molecule has 0 radical (unpaired) electrons. The van der Waals surface area contributed by atoms with E-state index in [-0.39, 0.29) is 23.9 Å². The topological polar surface area (TPSA) is 91.1 Å². The number of benzene rings is 1. The van der Waals surface area contributed by atoms with Gasteiger partial charge in [-0.15, -0.1) is 0 Å². The van der Waals surface area contributed by atoms with Crippen LogP contribution in [0.1, 0.15) is 36.6 Å². The van der Waals surface area contributed by atoms with Crippen LogP contribution in [0.5, 0.6) is 0 Å². The Morgan fingerprint density at radius 3 is 2.81 bits per heavy atom. The maximum atomic E-state index is 12.8. The van der Waals surface area contributed by atoms with Gasteiger partial charge in [0.05, 0.1) is 12.6 Å². The van der Waals surface area contributed by atoms with Gasteiger partial charge in [-0.2, -0.15) is 5.26 Å². The second-order valence-electron chi connectivity index (χ2n) is 6.74. The summed E-state index contributed by atoms with van der Waals surface area (Å²) in [5.74, 6) is 0.341. The van der Waals surface area contributed by atoms with Gasteiger partial charge in [-0.1, -0.05) is 23.7 Å². The summed E-state index contributed by atoms with van der Waals surface area (Å²) < 4.78 is 0. The van der Waals surface area contributed by atoms with Crippen molar-refractivity contribution < 1.29 is 9.63 Å². The Kier molecular flexibility index (Phi) is 4.92. The third kappa shape index (κ3) is 3.72. The lowest BCUT2D eigenvalue weighted by molar-refractivity contribution is -0.184. The van der Waals surface area contributed by atoms with E-state index >= 15 is 0 Å². The van der Waals surface area contributed by atoms with Gasteiger partial charge in [0.25, 0.3) is 0 Å². The van der Waals surface area contributed by atoms with Crippen molar-refractivity contribution in [3.63, 3.8) is 0 Å². The second-order valence-corrected chi connectivity index (χ2v) is 7.18. The molecule has 1 atom stereocenters. The van der Waals surface area contributed by atoms with Crippen molar-refractivity contribution in [3.05, 3.63) is 52.8 Å². The highest BCUT2D eigenvalue weighted by atomic mass is 35.5. The van der Waals surface area contributed by atoms with Crippen LogP contribution in [0.2, 0.25) is 5.02 Å². The zero-order valence-electron chi connectivity index (χ0n) is 14.5. The number of hydrogen-bond acceptors (Lipinski definition) is 6. The first kappa shape index (κ1) is 17.7. The molecule has 2 aromatic rings. The number of rotatable bonds is 4. The zero-order valence-corrected chi connectivity index (χ0v) is 15.3. The molecule has 1 aliphatic carbocycles. The molecule has 138 valence electrons. The maximum absolute atomic E-state index is 12.8. The molecule has 2 fully saturated rings. The van der Waals surface area contributed by atoms with Gasteiger partial charge in [0.1, 0.15) is 11.8 Å². The number of carbonyl (C=O) groups excluding carboxylic acids is 1. The van der Waals surface area contributed by atoms with Crippen molar-refractivity contribution in [3.8, 4) is 6.07 Å². The first-order valence-corrected chi connectivity index (χ1v) is 9.23. The summed E-state index contributed by atoms with van der Waals surface area (Å²) in [7, 11) is 0. The van der Waals surface area contributed by atoms with E-state index in [2.05, 4.69) is 15.3 Å². The molecule has 0 bridgehead atoms. The summed E-state index contributed by atoms with van der Waals surface area (Å²) in [6.45, 7) is 0.530. The van der Waals surface area contributed by atoms with Crippen molar-refractivity contribution in [2.24, 2.45) is 5.92 Å². The number of carbonyl (C=O) groups is 1. The van der Waals surface area contributed by atoms with Crippen LogP contribution in [0.4, 0.5) is 5.95 Å². The van der Waals surface area contributed by atoms with Crippen molar-refractivity contribution >= 4 is 23.5 Å². The van der Waals surface area contributed by atoms with Gasteiger partial charge in [0, 0.05) is 29.6 Å². The zero-order chi connectivity index (χ0) is 18.8. The third-order valence-corrected chi connectivity index (χ3v) is 5.22. The normalized spacial score (nSPS) is 24.1. The Labute approximate surface area is 161 Å². The minimum atomic E-state index is -0.0884.